The molecule has 0 spiro atoms. The molecule has 0 unspecified atom stereocenters. The molecule has 0 fully saturated rings. The second-order valence-corrected chi connectivity index (χ2v) is 6.03. The summed E-state index contributed by atoms with van der Waals surface area (Å²) in [5.74, 6) is -0.470. The van der Waals surface area contributed by atoms with Crippen LogP contribution in [-0.4, -0.2) is 28.3 Å². The molecule has 0 amide bonds. The van der Waals surface area contributed by atoms with Crippen molar-refractivity contribution in [1.82, 2.24) is 9.55 Å². The fourth-order valence-corrected chi connectivity index (χ4v) is 3.16. The van der Waals surface area contributed by atoms with E-state index in [1.165, 1.54) is 7.11 Å². The Hall–Kier alpha value is -2.92. The van der Waals surface area contributed by atoms with Gasteiger partial charge in [0.2, 0.25) is 0 Å². The van der Waals surface area contributed by atoms with Gasteiger partial charge >= 0.3 is 5.97 Å². The van der Waals surface area contributed by atoms with Crippen LogP contribution in [0.4, 0.5) is 0 Å². The number of methoxy groups -OCH3 is 1. The number of aliphatic imine (C=N–C) groups is 1. The molecule has 0 saturated carbocycles. The summed E-state index contributed by atoms with van der Waals surface area (Å²) < 4.78 is 6.71. The van der Waals surface area contributed by atoms with Crippen LogP contribution in [0.15, 0.2) is 59.9 Å². The van der Waals surface area contributed by atoms with Gasteiger partial charge < -0.3 is 4.74 Å². The lowest BCUT2D eigenvalue weighted by Gasteiger charge is -2.12. The predicted octanol–water partition coefficient (Wildman–Crippen LogP) is 3.66. The molecule has 25 heavy (non-hydrogen) atoms. The van der Waals surface area contributed by atoms with Crippen molar-refractivity contribution in [2.45, 2.75) is 6.54 Å². The largest absolute Gasteiger partial charge is 0.464 e. The van der Waals surface area contributed by atoms with E-state index in [4.69, 9.17) is 21.3 Å². The highest BCUT2D eigenvalue weighted by Gasteiger charge is 2.24. The molecule has 0 aliphatic carbocycles. The van der Waals surface area contributed by atoms with Crippen molar-refractivity contribution in [2.24, 2.45) is 4.99 Å². The van der Waals surface area contributed by atoms with Gasteiger partial charge in [-0.2, -0.15) is 0 Å². The molecule has 3 aromatic rings. The summed E-state index contributed by atoms with van der Waals surface area (Å²) in [5, 5.41) is 0.624. The number of hydrogen-bond donors (Lipinski definition) is 0. The fraction of sp³-hybridized carbons (Fsp3) is 0.105. The van der Waals surface area contributed by atoms with Crippen LogP contribution in [0.5, 0.6) is 0 Å². The number of rotatable bonds is 2. The second kappa shape index (κ2) is 6.18. The first-order valence-electron chi connectivity index (χ1n) is 7.73. The molecule has 0 N–H and O–H groups in total. The number of benzene rings is 2. The third-order valence-corrected chi connectivity index (χ3v) is 4.39. The topological polar surface area (TPSA) is 56.5 Å². The summed E-state index contributed by atoms with van der Waals surface area (Å²) in [6.07, 6.45) is 1.62. The molecule has 1 aliphatic heterocycles. The van der Waals surface area contributed by atoms with E-state index in [0.717, 1.165) is 22.5 Å². The molecule has 6 heteroatoms. The third-order valence-electron chi connectivity index (χ3n) is 4.15. The van der Waals surface area contributed by atoms with Crippen molar-refractivity contribution in [3.8, 4) is 5.69 Å². The molecule has 0 radical (unpaired) electrons. The Morgan fingerprint density at radius 3 is 2.76 bits per heavy atom. The van der Waals surface area contributed by atoms with E-state index in [1.807, 2.05) is 53.1 Å². The van der Waals surface area contributed by atoms with Gasteiger partial charge in [-0.1, -0.05) is 41.9 Å². The van der Waals surface area contributed by atoms with Crippen LogP contribution in [0.25, 0.3) is 5.69 Å². The number of nitrogens with zero attached hydrogens (tertiary/aromatic N) is 3. The monoisotopic (exact) mass is 351 g/mol. The highest BCUT2D eigenvalue weighted by Crippen LogP contribution is 2.29. The Balaban J connectivity index is 1.97. The van der Waals surface area contributed by atoms with Gasteiger partial charge in [0.1, 0.15) is 6.33 Å². The van der Waals surface area contributed by atoms with Crippen molar-refractivity contribution in [3.63, 3.8) is 0 Å². The maximum absolute atomic E-state index is 12.0. The van der Waals surface area contributed by atoms with Crippen molar-refractivity contribution in [1.29, 1.82) is 0 Å². The molecular formula is C19H14ClN3O2. The van der Waals surface area contributed by atoms with Crippen LogP contribution >= 0.6 is 11.6 Å². The molecule has 124 valence electrons. The normalized spacial score (nSPS) is 12.6. The number of imidazole rings is 1. The number of halogens is 1. The van der Waals surface area contributed by atoms with Crippen molar-refractivity contribution >= 4 is 23.3 Å². The van der Waals surface area contributed by atoms with Gasteiger partial charge in [0.25, 0.3) is 0 Å². The quantitative estimate of drug-likeness (QED) is 0.662. The van der Waals surface area contributed by atoms with E-state index in [2.05, 4.69) is 4.98 Å². The summed E-state index contributed by atoms with van der Waals surface area (Å²) in [6.45, 7) is 0.320. The second-order valence-electron chi connectivity index (χ2n) is 5.59. The summed E-state index contributed by atoms with van der Waals surface area (Å²) in [5.41, 5.74) is 4.57. The first-order valence-corrected chi connectivity index (χ1v) is 8.11. The van der Waals surface area contributed by atoms with E-state index < -0.39 is 5.97 Å². The summed E-state index contributed by atoms with van der Waals surface area (Å²) in [6, 6.07) is 15.5. The van der Waals surface area contributed by atoms with Crippen molar-refractivity contribution < 1.29 is 9.53 Å². The maximum Gasteiger partial charge on any atom is 0.358 e. The van der Waals surface area contributed by atoms with Crippen LogP contribution in [0, 0.1) is 0 Å². The number of hydrogen-bond acceptors (Lipinski definition) is 4. The zero-order chi connectivity index (χ0) is 17.4. The third kappa shape index (κ3) is 2.62. The Morgan fingerprint density at radius 1 is 1.20 bits per heavy atom. The summed E-state index contributed by atoms with van der Waals surface area (Å²) in [7, 11) is 1.34. The Kier molecular flexibility index (Phi) is 3.86. The van der Waals surface area contributed by atoms with Crippen LogP contribution in [0.3, 0.4) is 0 Å². The Bertz CT molecular complexity index is 993. The first-order chi connectivity index (χ1) is 12.2. The lowest BCUT2D eigenvalue weighted by atomic mass is 10.0. The highest BCUT2D eigenvalue weighted by atomic mass is 35.5. The lowest BCUT2D eigenvalue weighted by molar-refractivity contribution is 0.0593. The number of aromatic nitrogens is 2. The number of esters is 1. The Morgan fingerprint density at radius 2 is 2.00 bits per heavy atom. The first kappa shape index (κ1) is 15.6. The van der Waals surface area contributed by atoms with Gasteiger partial charge in [0, 0.05) is 16.1 Å². The van der Waals surface area contributed by atoms with Crippen LogP contribution < -0.4 is 0 Å². The average Bonchev–Trinajstić information content (AvgIpc) is 2.99. The molecule has 1 aromatic heterocycles. The van der Waals surface area contributed by atoms with E-state index in [1.54, 1.807) is 6.33 Å². The highest BCUT2D eigenvalue weighted by molar-refractivity contribution is 6.31. The van der Waals surface area contributed by atoms with E-state index >= 15 is 0 Å². The summed E-state index contributed by atoms with van der Waals surface area (Å²) in [4.78, 5) is 21.0. The summed E-state index contributed by atoms with van der Waals surface area (Å²) >= 11 is 6.23. The van der Waals surface area contributed by atoms with E-state index in [9.17, 15) is 4.79 Å². The molecule has 5 nitrogen and oxygen atoms in total. The van der Waals surface area contributed by atoms with Crippen LogP contribution in [-0.2, 0) is 11.3 Å². The molecule has 2 aromatic carbocycles. The minimum atomic E-state index is -0.470. The number of fused-ring (bicyclic) bond motifs is 3. The maximum atomic E-state index is 12.0. The zero-order valence-corrected chi connectivity index (χ0v) is 14.2. The van der Waals surface area contributed by atoms with Gasteiger partial charge in [0.15, 0.2) is 5.69 Å². The lowest BCUT2D eigenvalue weighted by Crippen LogP contribution is -2.07. The standard InChI is InChI=1S/C19H14ClN3O2/c1-25-19(24)18-16-10-21-17(12-5-3-2-4-6-12)14-9-13(20)7-8-15(14)23(16)11-22-18/h2-9,11H,10H2,1H3. The fourth-order valence-electron chi connectivity index (χ4n) is 2.99. The van der Waals surface area contributed by atoms with E-state index in [-0.39, 0.29) is 5.69 Å². The van der Waals surface area contributed by atoms with Crippen molar-refractivity contribution in [3.05, 3.63) is 82.4 Å². The van der Waals surface area contributed by atoms with Gasteiger partial charge in [0.05, 0.1) is 30.7 Å². The molecule has 1 aliphatic rings. The smallest absolute Gasteiger partial charge is 0.358 e. The molecule has 0 saturated heterocycles. The molecule has 0 bridgehead atoms. The van der Waals surface area contributed by atoms with Gasteiger partial charge in [-0.25, -0.2) is 9.78 Å². The zero-order valence-electron chi connectivity index (χ0n) is 13.4. The minimum absolute atomic E-state index is 0.279. The van der Waals surface area contributed by atoms with Crippen LogP contribution in [0.2, 0.25) is 5.02 Å². The number of carbonyl (C=O) groups excluding carboxylic acids is 1. The van der Waals surface area contributed by atoms with Gasteiger partial charge in [-0.05, 0) is 18.2 Å². The van der Waals surface area contributed by atoms with E-state index in [0.29, 0.717) is 17.3 Å². The average molecular weight is 352 g/mol. The Labute approximate surface area is 149 Å². The minimum Gasteiger partial charge on any atom is -0.464 e. The number of carbonyl (C=O) groups is 1. The molecule has 4 rings (SSSR count). The SMILES string of the molecule is COC(=O)c1ncn2c1CN=C(c1ccccc1)c1cc(Cl)ccc1-2. The number of ether oxygens (including phenoxy) is 1. The molecular weight excluding hydrogens is 338 g/mol. The van der Waals surface area contributed by atoms with Crippen LogP contribution in [0.1, 0.15) is 27.3 Å². The van der Waals surface area contributed by atoms with Crippen molar-refractivity contribution in [2.75, 3.05) is 7.11 Å². The van der Waals surface area contributed by atoms with Gasteiger partial charge in [-0.3, -0.25) is 9.56 Å². The molecule has 2 heterocycles. The van der Waals surface area contributed by atoms with Gasteiger partial charge in [-0.15, -0.1) is 0 Å². The molecule has 0 atom stereocenters. The predicted molar refractivity (Wildman–Crippen MR) is 95.7 cm³/mol.